The first-order chi connectivity index (χ1) is 41.9. The Bertz CT molecular complexity index is 4080. The van der Waals surface area contributed by atoms with E-state index >= 15 is 4.79 Å². The number of nitrogens with one attached hydrogen (secondary N) is 3. The maximum absolute atomic E-state index is 15.2. The Labute approximate surface area is 519 Å². The molecule has 10 N–H and O–H groups in total. The van der Waals surface area contributed by atoms with Crippen LogP contribution in [0.3, 0.4) is 0 Å². The van der Waals surface area contributed by atoms with Crippen molar-refractivity contribution in [3.8, 4) is 49.1 Å². The molecule has 87 heavy (non-hydrogen) atoms. The van der Waals surface area contributed by atoms with Gasteiger partial charge in [0, 0.05) is 82.4 Å². The summed E-state index contributed by atoms with van der Waals surface area (Å²) >= 11 is 7.02. The fourth-order valence-corrected chi connectivity index (χ4v) is 15.7. The third-order valence-corrected chi connectivity index (χ3v) is 20.6. The van der Waals surface area contributed by atoms with Crippen LogP contribution in [0.5, 0.6) is 5.75 Å². The van der Waals surface area contributed by atoms with Crippen molar-refractivity contribution < 1.29 is 44.1 Å². The van der Waals surface area contributed by atoms with E-state index in [4.69, 9.17) is 36.5 Å². The van der Waals surface area contributed by atoms with E-state index < -0.39 is 78.2 Å². The maximum atomic E-state index is 15.2. The van der Waals surface area contributed by atoms with Crippen molar-refractivity contribution in [3.63, 3.8) is 0 Å². The largest absolute Gasteiger partial charge is 0.508 e. The smallest absolute Gasteiger partial charge is 0.273 e. The van der Waals surface area contributed by atoms with E-state index in [1.165, 1.54) is 56.4 Å². The number of hydrazine groups is 1. The summed E-state index contributed by atoms with van der Waals surface area (Å²) in [4.78, 5) is 122. The number of carbonyl (C=O) groups is 6. The average molecular weight is 1280 g/mol. The highest BCUT2D eigenvalue weighted by Gasteiger charge is 2.45. The van der Waals surface area contributed by atoms with Crippen LogP contribution in [0.2, 0.25) is 0 Å². The number of phenolic OH excluding ortho intramolecular Hbond substituents is 1. The molecule has 7 aromatic heterocycles. The van der Waals surface area contributed by atoms with Crippen LogP contribution in [0, 0.1) is 12.8 Å². The summed E-state index contributed by atoms with van der Waals surface area (Å²) in [6.45, 7) is 5.33. The van der Waals surface area contributed by atoms with Crippen LogP contribution >= 0.6 is 68.0 Å². The third-order valence-electron chi connectivity index (χ3n) is 15.0. The summed E-state index contributed by atoms with van der Waals surface area (Å²) in [7, 11) is 0. The molecule has 6 amide bonds. The molecule has 7 atom stereocenters. The lowest BCUT2D eigenvalue weighted by molar-refractivity contribution is -0.134. The molecule has 0 saturated carbocycles. The van der Waals surface area contributed by atoms with Crippen molar-refractivity contribution >= 4 is 103 Å². The van der Waals surface area contributed by atoms with Gasteiger partial charge in [-0.25, -0.2) is 39.9 Å². The minimum atomic E-state index is -1.41. The summed E-state index contributed by atoms with van der Waals surface area (Å²) in [5, 5.41) is 54.4. The van der Waals surface area contributed by atoms with Gasteiger partial charge in [0.15, 0.2) is 0 Å². The van der Waals surface area contributed by atoms with Gasteiger partial charge in [0.2, 0.25) is 11.8 Å². The summed E-state index contributed by atoms with van der Waals surface area (Å²) < 4.78 is 0. The molecule has 3 aliphatic heterocycles. The molecule has 12 rings (SSSR count). The molecule has 2 saturated heterocycles. The molecule has 24 nitrogen and oxygen atoms in total. The number of aromatic hydroxyl groups is 1. The maximum Gasteiger partial charge on any atom is 0.273 e. The van der Waals surface area contributed by atoms with Crippen LogP contribution in [0.15, 0.2) is 93.6 Å². The minimum Gasteiger partial charge on any atom is -0.508 e. The van der Waals surface area contributed by atoms with Crippen LogP contribution < -0.4 is 27.5 Å². The second-order valence-electron chi connectivity index (χ2n) is 20.9. The van der Waals surface area contributed by atoms with E-state index in [0.717, 1.165) is 34.0 Å². The highest BCUT2D eigenvalue weighted by Crippen LogP contribution is 2.43. The Balaban J connectivity index is 0.948. The standard InChI is InChI=1S/C57H53N15O9S6/c1-26-40(74)20-72-45(26)55-66-38(24-86-55)52-63-35(21-83-52)43-31(12-13-32(60-43)51-67-39(25-84-51)56(80)70-14-16-71(59)17-15-70)50-64-36(22-82-50)47(77)61-33(19-41(58)75)53-69-42(27(2)87-53)49(79)68-44(46(76)29-6-4-3-5-7-29)54-65-37(23-85-54)48(78)62-34(57(72)81)18-28-8-10-30(73)11-9-28/h3-13,21-26,33-34,40,44-46,73-74,76H,14-20,59H2,1-2H3,(H2,58,75)(H,61,77)(H,62,78)(H,68,79)/t26-,33-,34?,40-,44-,45-,46+/m0/s1. The van der Waals surface area contributed by atoms with Gasteiger partial charge in [-0.15, -0.1) is 68.0 Å². The lowest BCUT2D eigenvalue weighted by Crippen LogP contribution is -2.51. The molecule has 0 spiro atoms. The van der Waals surface area contributed by atoms with Crippen molar-refractivity contribution in [2.75, 3.05) is 32.7 Å². The molecule has 0 aliphatic carbocycles. The van der Waals surface area contributed by atoms with E-state index in [1.54, 1.807) is 82.2 Å². The summed E-state index contributed by atoms with van der Waals surface area (Å²) in [6, 6.07) is 13.9. The molecule has 1 unspecified atom stereocenters. The number of fused-ring (bicyclic) bond motifs is 16. The zero-order valence-corrected chi connectivity index (χ0v) is 51.0. The number of carbonyl (C=O) groups excluding carboxylic acids is 6. The van der Waals surface area contributed by atoms with Crippen molar-refractivity contribution in [1.82, 2.24) is 65.6 Å². The molecule has 10 bridgehead atoms. The number of piperazine rings is 1. The number of thiazole rings is 6. The zero-order chi connectivity index (χ0) is 60.8. The fraction of sp³-hybridized carbons (Fsp3) is 0.281. The number of hydrogen-bond acceptors (Lipinski definition) is 24. The van der Waals surface area contributed by atoms with Gasteiger partial charge in [-0.1, -0.05) is 49.4 Å². The van der Waals surface area contributed by atoms with Gasteiger partial charge in [0.25, 0.3) is 23.6 Å². The summed E-state index contributed by atoms with van der Waals surface area (Å²) in [5.74, 6) is 1.76. The van der Waals surface area contributed by atoms with Gasteiger partial charge in [0.1, 0.15) is 93.8 Å². The molecule has 2 aromatic carbocycles. The highest BCUT2D eigenvalue weighted by atomic mass is 32.1. The number of aliphatic hydroxyl groups excluding tert-OH is 2. The van der Waals surface area contributed by atoms with Crippen LogP contribution in [-0.4, -0.2) is 145 Å². The van der Waals surface area contributed by atoms with Gasteiger partial charge in [0.05, 0.1) is 30.3 Å². The molecular weight excluding hydrogens is 1230 g/mol. The quantitative estimate of drug-likeness (QED) is 0.0818. The molecule has 446 valence electrons. The average Bonchev–Trinajstić information content (AvgIpc) is 3.27. The molecule has 0 radical (unpaired) electrons. The fourth-order valence-electron chi connectivity index (χ4n) is 10.4. The number of phenols is 1. The van der Waals surface area contributed by atoms with Gasteiger partial charge in [-0.3, -0.25) is 34.6 Å². The molecular formula is C57H53N15O9S6. The number of nitrogens with two attached hydrogens (primary N) is 2. The molecule has 9 aromatic rings. The Morgan fingerprint density at radius 3 is 2.07 bits per heavy atom. The van der Waals surface area contributed by atoms with Crippen molar-refractivity contribution in [1.29, 1.82) is 0 Å². The number of pyridine rings is 1. The minimum absolute atomic E-state index is 0.000257. The lowest BCUT2D eigenvalue weighted by atomic mass is 10.00. The Kier molecular flexibility index (Phi) is 16.9. The summed E-state index contributed by atoms with van der Waals surface area (Å²) in [6.07, 6.45) is -2.80. The number of aromatic nitrogens is 7. The third kappa shape index (κ3) is 12.4. The second kappa shape index (κ2) is 24.9. The SMILES string of the molecule is Cc1sc2nc1C(=O)N[C@@H]([C@H](O)c1ccccc1)c1nc(cs1)C(=O)NC(Cc1ccc(O)cc1)C(=O)N1C[C@H](O)[C@H](C)[C@H]1c1nc(cs1)-c1nc(cs1)-c1nc(-c3nc(C(=O)N4CCN(N)CC4)cs3)ccc1-c1nc(cs1)C(=O)N[C@H]2CC(N)=O. The van der Waals surface area contributed by atoms with Gasteiger partial charge < -0.3 is 46.8 Å². The second-order valence-corrected chi connectivity index (χ2v) is 26.5. The number of aliphatic hydroxyl groups is 2. The van der Waals surface area contributed by atoms with E-state index in [1.807, 2.05) is 17.7 Å². The Morgan fingerprint density at radius 1 is 0.667 bits per heavy atom. The zero-order valence-electron chi connectivity index (χ0n) is 46.1. The van der Waals surface area contributed by atoms with E-state index in [9.17, 15) is 39.3 Å². The van der Waals surface area contributed by atoms with Crippen LogP contribution in [0.4, 0.5) is 0 Å². The van der Waals surface area contributed by atoms with Crippen molar-refractivity contribution in [2.24, 2.45) is 17.5 Å². The number of primary amides is 1. The van der Waals surface area contributed by atoms with Gasteiger partial charge >= 0.3 is 0 Å². The predicted octanol–water partition coefficient (Wildman–Crippen LogP) is 5.92. The normalized spacial score (nSPS) is 20.7. The number of hydrogen-bond donors (Lipinski definition) is 8. The molecule has 30 heteroatoms. The number of benzene rings is 2. The van der Waals surface area contributed by atoms with Crippen molar-refractivity contribution in [2.45, 2.75) is 63.1 Å². The van der Waals surface area contributed by atoms with E-state index in [0.29, 0.717) is 90.6 Å². The topological polar surface area (TPSA) is 351 Å². The number of nitrogens with zero attached hydrogens (tertiary/aromatic N) is 10. The van der Waals surface area contributed by atoms with E-state index in [2.05, 4.69) is 25.9 Å². The first-order valence-corrected chi connectivity index (χ1v) is 32.4. The van der Waals surface area contributed by atoms with Crippen LogP contribution in [0.1, 0.15) is 111 Å². The number of aryl methyl sites for hydroxylation is 1. The van der Waals surface area contributed by atoms with E-state index in [-0.39, 0.29) is 57.4 Å². The first kappa shape index (κ1) is 59.2. The predicted molar refractivity (Wildman–Crippen MR) is 328 cm³/mol. The highest BCUT2D eigenvalue weighted by molar-refractivity contribution is 7.15. The number of amides is 6. The van der Waals surface area contributed by atoms with Crippen LogP contribution in [-0.2, 0) is 16.0 Å². The molecule has 10 heterocycles. The number of rotatable bonds is 8. The van der Waals surface area contributed by atoms with Crippen LogP contribution in [0.25, 0.3) is 43.4 Å². The summed E-state index contributed by atoms with van der Waals surface area (Å²) in [5.41, 5.74) is 9.02. The molecule has 3 aliphatic rings. The van der Waals surface area contributed by atoms with Gasteiger partial charge in [-0.05, 0) is 42.3 Å². The lowest BCUT2D eigenvalue weighted by Gasteiger charge is -2.31. The molecule has 2 fully saturated rings. The monoisotopic (exact) mass is 1280 g/mol. The van der Waals surface area contributed by atoms with Gasteiger partial charge in [-0.2, -0.15) is 0 Å². The Hall–Kier alpha value is -8.17. The first-order valence-electron chi connectivity index (χ1n) is 27.2. The Morgan fingerprint density at radius 2 is 1.31 bits per heavy atom. The van der Waals surface area contributed by atoms with Crippen molar-refractivity contribution in [3.05, 3.63) is 147 Å².